The molecule has 2 aromatic rings. The fourth-order valence-electron chi connectivity index (χ4n) is 1.80. The Labute approximate surface area is 127 Å². The van der Waals surface area contributed by atoms with E-state index >= 15 is 0 Å². The largest absolute Gasteiger partial charge is 0.493 e. The molecular weight excluding hydrogens is 295 g/mol. The highest BCUT2D eigenvalue weighted by Gasteiger charge is 2.09. The molecule has 0 atom stereocenters. The van der Waals surface area contributed by atoms with Crippen LogP contribution in [0.1, 0.15) is 22.8 Å². The number of ether oxygens (including phenoxy) is 2. The average Bonchev–Trinajstić information content (AvgIpc) is 2.48. The zero-order chi connectivity index (χ0) is 15.4. The molecule has 3 nitrogen and oxygen atoms in total. The standard InChI is InChI=1S/C16H14ClFO3/c1-10(19)12-4-6-15(16(8-12)20-2)21-9-11-3-5-13(17)14(18)7-11/h3-8H,9H2,1-2H3. The molecule has 5 heteroatoms. The van der Waals surface area contributed by atoms with Crippen molar-refractivity contribution in [2.45, 2.75) is 13.5 Å². The molecule has 110 valence electrons. The third kappa shape index (κ3) is 3.73. The maximum Gasteiger partial charge on any atom is 0.161 e. The number of ketones is 1. The maximum absolute atomic E-state index is 13.3. The van der Waals surface area contributed by atoms with Gasteiger partial charge in [0.2, 0.25) is 0 Å². The van der Waals surface area contributed by atoms with E-state index in [1.54, 1.807) is 24.3 Å². The molecule has 0 aromatic heterocycles. The molecule has 0 fully saturated rings. The molecule has 0 aliphatic rings. The SMILES string of the molecule is COc1cc(C(C)=O)ccc1OCc1ccc(Cl)c(F)c1. The van der Waals surface area contributed by atoms with E-state index in [1.807, 2.05) is 0 Å². The van der Waals surface area contributed by atoms with Crippen LogP contribution in [-0.4, -0.2) is 12.9 Å². The van der Waals surface area contributed by atoms with Crippen molar-refractivity contribution in [2.24, 2.45) is 0 Å². The number of Topliss-reactive ketones (excluding diaryl/α,β-unsaturated/α-hetero) is 1. The highest BCUT2D eigenvalue weighted by molar-refractivity contribution is 6.30. The Balaban J connectivity index is 2.15. The lowest BCUT2D eigenvalue weighted by Gasteiger charge is -2.11. The van der Waals surface area contributed by atoms with Crippen LogP contribution < -0.4 is 9.47 Å². The molecule has 0 radical (unpaired) electrons. The summed E-state index contributed by atoms with van der Waals surface area (Å²) in [7, 11) is 1.49. The van der Waals surface area contributed by atoms with Crippen molar-refractivity contribution >= 4 is 17.4 Å². The van der Waals surface area contributed by atoms with Gasteiger partial charge in [-0.3, -0.25) is 4.79 Å². The number of hydrogen-bond acceptors (Lipinski definition) is 3. The van der Waals surface area contributed by atoms with E-state index in [0.717, 1.165) is 0 Å². The number of hydrogen-bond donors (Lipinski definition) is 0. The fraction of sp³-hybridized carbons (Fsp3) is 0.188. The van der Waals surface area contributed by atoms with Crippen LogP contribution in [0.3, 0.4) is 0 Å². The van der Waals surface area contributed by atoms with Gasteiger partial charge in [0.15, 0.2) is 17.3 Å². The lowest BCUT2D eigenvalue weighted by Crippen LogP contribution is -2.00. The summed E-state index contributed by atoms with van der Waals surface area (Å²) in [6.07, 6.45) is 0. The summed E-state index contributed by atoms with van der Waals surface area (Å²) in [5.74, 6) is 0.395. The minimum absolute atomic E-state index is 0.0559. The average molecular weight is 309 g/mol. The van der Waals surface area contributed by atoms with Crippen LogP contribution >= 0.6 is 11.6 Å². The molecular formula is C16H14ClFO3. The van der Waals surface area contributed by atoms with Gasteiger partial charge in [0.25, 0.3) is 0 Å². The Bertz CT molecular complexity index is 671. The number of benzene rings is 2. The zero-order valence-electron chi connectivity index (χ0n) is 11.7. The molecule has 0 aliphatic carbocycles. The number of halogens is 2. The van der Waals surface area contributed by atoms with Crippen molar-refractivity contribution in [1.82, 2.24) is 0 Å². The molecule has 0 aliphatic heterocycles. The molecule has 21 heavy (non-hydrogen) atoms. The van der Waals surface area contributed by atoms with Crippen LogP contribution in [0.2, 0.25) is 5.02 Å². The van der Waals surface area contributed by atoms with Gasteiger partial charge < -0.3 is 9.47 Å². The van der Waals surface area contributed by atoms with Crippen molar-refractivity contribution in [2.75, 3.05) is 7.11 Å². The molecule has 0 bridgehead atoms. The van der Waals surface area contributed by atoms with Crippen molar-refractivity contribution in [3.05, 3.63) is 58.4 Å². The normalized spacial score (nSPS) is 10.3. The Morgan fingerprint density at radius 1 is 1.19 bits per heavy atom. The second-order valence-electron chi connectivity index (χ2n) is 4.46. The first-order valence-corrected chi connectivity index (χ1v) is 6.64. The first-order valence-electron chi connectivity index (χ1n) is 6.27. The van der Waals surface area contributed by atoms with E-state index in [2.05, 4.69) is 0 Å². The van der Waals surface area contributed by atoms with E-state index in [9.17, 15) is 9.18 Å². The smallest absolute Gasteiger partial charge is 0.161 e. The third-order valence-corrected chi connectivity index (χ3v) is 3.26. The van der Waals surface area contributed by atoms with Gasteiger partial charge in [-0.25, -0.2) is 4.39 Å². The quantitative estimate of drug-likeness (QED) is 0.774. The van der Waals surface area contributed by atoms with Crippen molar-refractivity contribution in [1.29, 1.82) is 0 Å². The lowest BCUT2D eigenvalue weighted by molar-refractivity contribution is 0.101. The van der Waals surface area contributed by atoms with Crippen LogP contribution in [0, 0.1) is 5.82 Å². The predicted octanol–water partition coefficient (Wildman–Crippen LogP) is 4.27. The van der Waals surface area contributed by atoms with Gasteiger partial charge in [-0.05, 0) is 42.8 Å². The molecule has 2 rings (SSSR count). The van der Waals surface area contributed by atoms with E-state index in [1.165, 1.54) is 26.2 Å². The molecule has 0 spiro atoms. The molecule has 2 aromatic carbocycles. The number of carbonyl (C=O) groups is 1. The van der Waals surface area contributed by atoms with Crippen molar-refractivity contribution in [3.63, 3.8) is 0 Å². The third-order valence-electron chi connectivity index (χ3n) is 2.95. The van der Waals surface area contributed by atoms with Gasteiger partial charge in [-0.15, -0.1) is 0 Å². The van der Waals surface area contributed by atoms with E-state index < -0.39 is 5.82 Å². The topological polar surface area (TPSA) is 35.5 Å². The van der Waals surface area contributed by atoms with Gasteiger partial charge in [-0.2, -0.15) is 0 Å². The summed E-state index contributed by atoms with van der Waals surface area (Å²) < 4.78 is 24.1. The summed E-state index contributed by atoms with van der Waals surface area (Å²) in [5, 5.41) is 0.0714. The maximum atomic E-state index is 13.3. The molecule has 0 saturated carbocycles. The summed E-state index contributed by atoms with van der Waals surface area (Å²) >= 11 is 5.62. The Hall–Kier alpha value is -2.07. The van der Waals surface area contributed by atoms with Crippen LogP contribution in [0.15, 0.2) is 36.4 Å². The molecule has 0 saturated heterocycles. The van der Waals surface area contributed by atoms with Gasteiger partial charge in [0.1, 0.15) is 12.4 Å². The monoisotopic (exact) mass is 308 g/mol. The predicted molar refractivity (Wildman–Crippen MR) is 78.7 cm³/mol. The summed E-state index contributed by atoms with van der Waals surface area (Å²) in [5.41, 5.74) is 1.19. The second kappa shape index (κ2) is 6.59. The molecule has 0 N–H and O–H groups in total. The number of rotatable bonds is 5. The van der Waals surface area contributed by atoms with E-state index in [0.29, 0.717) is 22.6 Å². The summed E-state index contributed by atoms with van der Waals surface area (Å²) in [4.78, 5) is 11.3. The summed E-state index contributed by atoms with van der Waals surface area (Å²) in [6.45, 7) is 1.65. The van der Waals surface area contributed by atoms with Gasteiger partial charge in [0, 0.05) is 5.56 Å². The van der Waals surface area contributed by atoms with E-state index in [4.69, 9.17) is 21.1 Å². The van der Waals surface area contributed by atoms with Crippen LogP contribution in [-0.2, 0) is 6.61 Å². The van der Waals surface area contributed by atoms with Crippen LogP contribution in [0.5, 0.6) is 11.5 Å². The molecule has 0 unspecified atom stereocenters. The fourth-order valence-corrected chi connectivity index (χ4v) is 1.91. The van der Waals surface area contributed by atoms with Crippen molar-refractivity contribution < 1.29 is 18.7 Å². The number of methoxy groups -OCH3 is 1. The van der Waals surface area contributed by atoms with Crippen LogP contribution in [0.4, 0.5) is 4.39 Å². The first kappa shape index (κ1) is 15.3. The molecule has 0 heterocycles. The first-order chi connectivity index (χ1) is 10.0. The lowest BCUT2D eigenvalue weighted by atomic mass is 10.1. The Kier molecular flexibility index (Phi) is 4.81. The van der Waals surface area contributed by atoms with Crippen molar-refractivity contribution in [3.8, 4) is 11.5 Å². The Morgan fingerprint density at radius 3 is 2.57 bits per heavy atom. The Morgan fingerprint density at radius 2 is 1.95 bits per heavy atom. The molecule has 0 amide bonds. The highest BCUT2D eigenvalue weighted by Crippen LogP contribution is 2.29. The minimum atomic E-state index is -0.489. The van der Waals surface area contributed by atoms with Gasteiger partial charge in [-0.1, -0.05) is 17.7 Å². The highest BCUT2D eigenvalue weighted by atomic mass is 35.5. The van der Waals surface area contributed by atoms with Crippen LogP contribution in [0.25, 0.3) is 0 Å². The second-order valence-corrected chi connectivity index (χ2v) is 4.87. The minimum Gasteiger partial charge on any atom is -0.493 e. The van der Waals surface area contributed by atoms with Gasteiger partial charge >= 0.3 is 0 Å². The van der Waals surface area contributed by atoms with E-state index in [-0.39, 0.29) is 17.4 Å². The summed E-state index contributed by atoms with van der Waals surface area (Å²) in [6, 6.07) is 9.40. The van der Waals surface area contributed by atoms with Gasteiger partial charge in [0.05, 0.1) is 12.1 Å². The number of carbonyl (C=O) groups excluding carboxylic acids is 1. The zero-order valence-corrected chi connectivity index (χ0v) is 12.4.